The lowest BCUT2D eigenvalue weighted by atomic mass is 10.1. The maximum Gasteiger partial charge on any atom is 0.434 e. The first-order valence-corrected chi connectivity index (χ1v) is 8.51. The lowest BCUT2D eigenvalue weighted by Crippen LogP contribution is -2.28. The highest BCUT2D eigenvalue weighted by Crippen LogP contribution is 2.33. The van der Waals surface area contributed by atoms with Crippen molar-refractivity contribution in [3.63, 3.8) is 0 Å². The number of amides is 1. The maximum atomic E-state index is 13.6. The molecule has 0 aliphatic rings. The van der Waals surface area contributed by atoms with E-state index in [2.05, 4.69) is 10.4 Å². The number of hydrogen-bond acceptors (Lipinski definition) is 2. The van der Waals surface area contributed by atoms with Gasteiger partial charge in [-0.3, -0.25) is 4.79 Å². The van der Waals surface area contributed by atoms with Crippen LogP contribution in [0.15, 0.2) is 54.7 Å². The molecule has 3 rings (SSSR count). The minimum Gasteiger partial charge on any atom is -0.352 e. The Kier molecular flexibility index (Phi) is 5.48. The first kappa shape index (κ1) is 19.6. The van der Waals surface area contributed by atoms with Crippen LogP contribution < -0.4 is 5.32 Å². The molecule has 3 aromatic rings. The third kappa shape index (κ3) is 4.21. The molecule has 0 saturated heterocycles. The topological polar surface area (TPSA) is 46.9 Å². The summed E-state index contributed by atoms with van der Waals surface area (Å²) in [5.74, 6) is -1.35. The number of hydrogen-bond donors (Lipinski definition) is 1. The van der Waals surface area contributed by atoms with Gasteiger partial charge in [-0.25, -0.2) is 9.07 Å². The van der Waals surface area contributed by atoms with Crippen molar-refractivity contribution in [1.82, 2.24) is 15.1 Å². The summed E-state index contributed by atoms with van der Waals surface area (Å²) in [6.45, 7) is 1.80. The van der Waals surface area contributed by atoms with Crippen molar-refractivity contribution in [2.75, 3.05) is 6.54 Å². The second kappa shape index (κ2) is 7.84. The average Bonchev–Trinajstić information content (AvgIpc) is 3.09. The van der Waals surface area contributed by atoms with Gasteiger partial charge in [0, 0.05) is 6.54 Å². The predicted molar refractivity (Wildman–Crippen MR) is 95.7 cm³/mol. The van der Waals surface area contributed by atoms with Crippen LogP contribution in [-0.2, 0) is 12.6 Å². The van der Waals surface area contributed by atoms with Crippen LogP contribution in [0, 0.1) is 12.7 Å². The van der Waals surface area contributed by atoms with Gasteiger partial charge in [0.05, 0.1) is 17.4 Å². The summed E-state index contributed by atoms with van der Waals surface area (Å²) in [7, 11) is 0. The number of carbonyl (C=O) groups excluding carboxylic acids is 1. The molecule has 4 nitrogen and oxygen atoms in total. The van der Waals surface area contributed by atoms with Gasteiger partial charge in [-0.05, 0) is 37.1 Å². The second-order valence-corrected chi connectivity index (χ2v) is 6.25. The van der Waals surface area contributed by atoms with Crippen LogP contribution in [0.25, 0.3) is 5.69 Å². The van der Waals surface area contributed by atoms with Crippen LogP contribution in [0.5, 0.6) is 0 Å². The zero-order valence-corrected chi connectivity index (χ0v) is 14.9. The Hall–Kier alpha value is -3.16. The molecule has 28 heavy (non-hydrogen) atoms. The fourth-order valence-electron chi connectivity index (χ4n) is 2.78. The van der Waals surface area contributed by atoms with E-state index < -0.39 is 29.2 Å². The summed E-state index contributed by atoms with van der Waals surface area (Å²) in [4.78, 5) is 12.3. The Morgan fingerprint density at radius 2 is 1.79 bits per heavy atom. The third-order valence-corrected chi connectivity index (χ3v) is 4.20. The highest BCUT2D eigenvalue weighted by atomic mass is 19.4. The Bertz CT molecular complexity index is 978. The van der Waals surface area contributed by atoms with Crippen LogP contribution in [0.2, 0.25) is 0 Å². The maximum absolute atomic E-state index is 13.6. The number of alkyl halides is 3. The minimum absolute atomic E-state index is 0.00717. The first-order valence-electron chi connectivity index (χ1n) is 8.51. The Morgan fingerprint density at radius 3 is 2.43 bits per heavy atom. The number of aromatic nitrogens is 2. The Labute approximate surface area is 158 Å². The summed E-state index contributed by atoms with van der Waals surface area (Å²) in [6, 6.07) is 12.3. The van der Waals surface area contributed by atoms with Crippen molar-refractivity contribution < 1.29 is 22.4 Å². The standard InChI is InChI=1S/C20H17F4N3O/c1-13-6-8-15(9-7-13)27-18(20(22,23)24)16(12-26-27)19(28)25-11-10-14-4-2-3-5-17(14)21/h2-9,12H,10-11H2,1H3,(H,25,28). The van der Waals surface area contributed by atoms with Crippen LogP contribution in [0.4, 0.5) is 17.6 Å². The van der Waals surface area contributed by atoms with Crippen molar-refractivity contribution in [1.29, 1.82) is 0 Å². The average molecular weight is 391 g/mol. The van der Waals surface area contributed by atoms with E-state index in [9.17, 15) is 22.4 Å². The van der Waals surface area contributed by atoms with Crippen LogP contribution >= 0.6 is 0 Å². The van der Waals surface area contributed by atoms with Crippen LogP contribution in [0.1, 0.15) is 27.2 Å². The van der Waals surface area contributed by atoms with Gasteiger partial charge in [0.25, 0.3) is 5.91 Å². The quantitative estimate of drug-likeness (QED) is 0.659. The molecule has 0 aliphatic carbocycles. The highest BCUT2D eigenvalue weighted by Gasteiger charge is 2.40. The molecule has 0 atom stereocenters. The molecule has 1 N–H and O–H groups in total. The molecular formula is C20H17F4N3O. The van der Waals surface area contributed by atoms with Gasteiger partial charge in [0.2, 0.25) is 0 Å². The second-order valence-electron chi connectivity index (χ2n) is 6.25. The van der Waals surface area contributed by atoms with E-state index in [4.69, 9.17) is 0 Å². The van der Waals surface area contributed by atoms with Gasteiger partial charge >= 0.3 is 6.18 Å². The number of carbonyl (C=O) groups is 1. The molecule has 0 radical (unpaired) electrons. The Balaban J connectivity index is 1.82. The lowest BCUT2D eigenvalue weighted by molar-refractivity contribution is -0.143. The predicted octanol–water partition coefficient (Wildman–Crippen LogP) is 4.31. The number of benzene rings is 2. The molecule has 0 fully saturated rings. The smallest absolute Gasteiger partial charge is 0.352 e. The van der Waals surface area contributed by atoms with Crippen LogP contribution in [-0.4, -0.2) is 22.2 Å². The van der Waals surface area contributed by atoms with Crippen molar-refractivity contribution in [2.45, 2.75) is 19.5 Å². The summed E-state index contributed by atoms with van der Waals surface area (Å²) in [5, 5.41) is 6.16. The molecule has 0 spiro atoms. The molecule has 146 valence electrons. The van der Waals surface area contributed by atoms with Crippen molar-refractivity contribution >= 4 is 5.91 Å². The molecule has 0 bridgehead atoms. The zero-order valence-electron chi connectivity index (χ0n) is 14.9. The summed E-state index contributed by atoms with van der Waals surface area (Å²) >= 11 is 0. The van der Waals surface area contributed by atoms with Gasteiger partial charge in [0.15, 0.2) is 5.69 Å². The number of aryl methyl sites for hydroxylation is 1. The SMILES string of the molecule is Cc1ccc(-n2ncc(C(=O)NCCc3ccccc3F)c2C(F)(F)F)cc1. The van der Waals surface area contributed by atoms with Crippen molar-refractivity contribution in [2.24, 2.45) is 0 Å². The monoisotopic (exact) mass is 391 g/mol. The van der Waals surface area contributed by atoms with Gasteiger partial charge < -0.3 is 5.32 Å². The molecule has 0 aliphatic heterocycles. The van der Waals surface area contributed by atoms with Crippen molar-refractivity contribution in [3.05, 3.63) is 82.9 Å². The van der Waals surface area contributed by atoms with E-state index in [0.29, 0.717) is 10.2 Å². The number of halogens is 4. The van der Waals surface area contributed by atoms with Crippen LogP contribution in [0.3, 0.4) is 0 Å². The number of nitrogens with one attached hydrogen (secondary N) is 1. The molecule has 8 heteroatoms. The first-order chi connectivity index (χ1) is 13.3. The Morgan fingerprint density at radius 1 is 1.11 bits per heavy atom. The van der Waals surface area contributed by atoms with E-state index in [1.54, 1.807) is 24.3 Å². The van der Waals surface area contributed by atoms with E-state index >= 15 is 0 Å². The molecule has 1 amide bonds. The molecular weight excluding hydrogens is 374 g/mol. The minimum atomic E-state index is -4.78. The molecule has 1 aromatic heterocycles. The normalized spacial score (nSPS) is 11.5. The molecule has 0 unspecified atom stereocenters. The summed E-state index contributed by atoms with van der Waals surface area (Å²) in [6.07, 6.45) is -3.73. The largest absolute Gasteiger partial charge is 0.434 e. The number of rotatable bonds is 5. The van der Waals surface area contributed by atoms with E-state index in [0.717, 1.165) is 11.8 Å². The van der Waals surface area contributed by atoms with Gasteiger partial charge in [0.1, 0.15) is 5.82 Å². The van der Waals surface area contributed by atoms with E-state index in [1.807, 2.05) is 6.92 Å². The molecule has 0 saturated carbocycles. The summed E-state index contributed by atoms with van der Waals surface area (Å²) < 4.78 is 55.2. The lowest BCUT2D eigenvalue weighted by Gasteiger charge is -2.13. The van der Waals surface area contributed by atoms with Gasteiger partial charge in [-0.1, -0.05) is 35.9 Å². The summed E-state index contributed by atoms with van der Waals surface area (Å²) in [5.41, 5.74) is -0.283. The number of nitrogens with zero attached hydrogens (tertiary/aromatic N) is 2. The van der Waals surface area contributed by atoms with Gasteiger partial charge in [-0.15, -0.1) is 0 Å². The fraction of sp³-hybridized carbons (Fsp3) is 0.200. The molecule has 1 heterocycles. The van der Waals surface area contributed by atoms with Gasteiger partial charge in [-0.2, -0.15) is 18.3 Å². The third-order valence-electron chi connectivity index (χ3n) is 4.20. The van der Waals surface area contributed by atoms with E-state index in [1.165, 1.54) is 24.3 Å². The highest BCUT2D eigenvalue weighted by molar-refractivity contribution is 5.95. The molecule has 2 aromatic carbocycles. The fourth-order valence-corrected chi connectivity index (χ4v) is 2.78. The van der Waals surface area contributed by atoms with Crippen molar-refractivity contribution in [3.8, 4) is 5.69 Å². The zero-order chi connectivity index (χ0) is 20.3. The van der Waals surface area contributed by atoms with E-state index in [-0.39, 0.29) is 18.7 Å².